The van der Waals surface area contributed by atoms with E-state index in [0.717, 1.165) is 18.4 Å². The van der Waals surface area contributed by atoms with Crippen LogP contribution in [-0.2, 0) is 23.6 Å². The molecule has 0 radical (unpaired) electrons. The van der Waals surface area contributed by atoms with Crippen LogP contribution in [0.3, 0.4) is 0 Å². The number of hydrogen-bond acceptors (Lipinski definition) is 10. The molecule has 2 heterocycles. The van der Waals surface area contributed by atoms with Crippen molar-refractivity contribution in [1.29, 1.82) is 0 Å². The average molecular weight is 880 g/mol. The summed E-state index contributed by atoms with van der Waals surface area (Å²) in [4.78, 5) is 35.1. The van der Waals surface area contributed by atoms with Crippen LogP contribution in [-0.4, -0.2) is 78.9 Å². The van der Waals surface area contributed by atoms with E-state index < -0.39 is 71.9 Å². The molecule has 1 N–H and O–H groups in total. The van der Waals surface area contributed by atoms with Gasteiger partial charge < -0.3 is 23.5 Å². The van der Waals surface area contributed by atoms with Crippen LogP contribution in [0.15, 0.2) is 52.3 Å². The Morgan fingerprint density at radius 1 is 1.02 bits per heavy atom. The fraction of sp³-hybridized carbons (Fsp3) is 0.604. The van der Waals surface area contributed by atoms with E-state index in [9.17, 15) is 5.11 Å². The second-order valence-electron chi connectivity index (χ2n) is 19.2. The van der Waals surface area contributed by atoms with Gasteiger partial charge in [-0.1, -0.05) is 84.7 Å². The predicted octanol–water partition coefficient (Wildman–Crippen LogP) is 11.2. The SMILES string of the molecule is CCCCOc1cc(C2CCCN2Cc2ccccc2)c(C(F)(F)F)c2c1C(=O)C1=C(O)[C@]3(O[Si](C)(C)C(C)(C)C)C(=O)c4c(OCCCC)noc4[C@@H](N(C)CC)[C@@H]3C[C@@H]1C2. The topological polar surface area (TPSA) is 115 Å². The molecule has 0 saturated carbocycles. The number of allylic oxidation sites excluding steroid dienone is 1. The highest BCUT2D eigenvalue weighted by molar-refractivity contribution is 6.74. The zero-order valence-electron chi connectivity index (χ0n) is 37.8. The average Bonchev–Trinajstić information content (AvgIpc) is 3.85. The van der Waals surface area contributed by atoms with Crippen LogP contribution in [0.1, 0.15) is 147 Å². The molecule has 0 bridgehead atoms. The molecule has 4 aliphatic rings. The number of Topliss-reactive ketones (excluding diaryl/α,β-unsaturated/α-hetero) is 2. The predicted molar refractivity (Wildman–Crippen MR) is 233 cm³/mol. The number of carbonyl (C=O) groups excluding carboxylic acids is 2. The van der Waals surface area contributed by atoms with E-state index in [4.69, 9.17) is 18.4 Å². The van der Waals surface area contributed by atoms with Gasteiger partial charge in [0.1, 0.15) is 17.1 Å². The van der Waals surface area contributed by atoms with Crippen LogP contribution in [0.5, 0.6) is 11.6 Å². The van der Waals surface area contributed by atoms with E-state index in [0.29, 0.717) is 45.3 Å². The largest absolute Gasteiger partial charge is 0.508 e. The summed E-state index contributed by atoms with van der Waals surface area (Å²) in [5.41, 5.74) is -2.16. The first kappa shape index (κ1) is 46.0. The third-order valence-corrected chi connectivity index (χ3v) is 18.7. The van der Waals surface area contributed by atoms with Gasteiger partial charge in [-0.15, -0.1) is 0 Å². The number of nitrogens with zero attached hydrogens (tertiary/aromatic N) is 3. The Labute approximate surface area is 365 Å². The van der Waals surface area contributed by atoms with Crippen molar-refractivity contribution in [1.82, 2.24) is 15.0 Å². The highest BCUT2D eigenvalue weighted by atomic mass is 28.4. The summed E-state index contributed by atoms with van der Waals surface area (Å²) in [6.45, 7) is 18.0. The number of aliphatic hydroxyl groups excluding tert-OH is 1. The fourth-order valence-electron chi connectivity index (χ4n) is 9.96. The molecule has 1 aromatic heterocycles. The number of halogens is 3. The Hall–Kier alpha value is -3.98. The van der Waals surface area contributed by atoms with Gasteiger partial charge >= 0.3 is 6.18 Å². The Morgan fingerprint density at radius 3 is 2.32 bits per heavy atom. The zero-order chi connectivity index (χ0) is 44.9. The van der Waals surface area contributed by atoms with Crippen molar-refractivity contribution in [2.45, 2.75) is 141 Å². The molecular formula is C48H64F3N3O7Si. The number of ketones is 2. The summed E-state index contributed by atoms with van der Waals surface area (Å²) < 4.78 is 73.5. The van der Waals surface area contributed by atoms with Crippen LogP contribution in [0.4, 0.5) is 13.2 Å². The lowest BCUT2D eigenvalue weighted by Gasteiger charge is -2.55. The fourth-order valence-corrected chi connectivity index (χ4v) is 11.4. The van der Waals surface area contributed by atoms with Gasteiger partial charge in [-0.3, -0.25) is 19.4 Å². The number of aliphatic hydroxyl groups is 1. The van der Waals surface area contributed by atoms with E-state index in [1.54, 1.807) is 0 Å². The molecular weight excluding hydrogens is 816 g/mol. The first-order chi connectivity index (χ1) is 29.3. The summed E-state index contributed by atoms with van der Waals surface area (Å²) in [7, 11) is -1.14. The summed E-state index contributed by atoms with van der Waals surface area (Å²) in [6.07, 6.45) is -0.804. The third kappa shape index (κ3) is 7.95. The molecule has 0 spiro atoms. The normalized spacial score (nSPS) is 24.3. The van der Waals surface area contributed by atoms with E-state index in [1.807, 2.05) is 96.9 Å². The summed E-state index contributed by atoms with van der Waals surface area (Å²) in [5, 5.41) is 16.9. The van der Waals surface area contributed by atoms with Gasteiger partial charge in [0, 0.05) is 24.1 Å². The number of hydrogen-bond donors (Lipinski definition) is 1. The highest BCUT2D eigenvalue weighted by Crippen LogP contribution is 2.61. The van der Waals surface area contributed by atoms with Gasteiger partial charge in [-0.05, 0) is 111 Å². The number of likely N-dealkylation sites (tertiary alicyclic amines) is 1. The van der Waals surface area contributed by atoms with Gasteiger partial charge in [0.15, 0.2) is 25.5 Å². The first-order valence-electron chi connectivity index (χ1n) is 22.6. The van der Waals surface area contributed by atoms with Crippen molar-refractivity contribution in [3.8, 4) is 11.6 Å². The molecule has 14 heteroatoms. The van der Waals surface area contributed by atoms with Crippen molar-refractivity contribution in [2.75, 3.05) is 33.4 Å². The van der Waals surface area contributed by atoms with Crippen LogP contribution in [0.2, 0.25) is 18.1 Å². The molecule has 62 heavy (non-hydrogen) atoms. The van der Waals surface area contributed by atoms with Crippen molar-refractivity contribution in [3.05, 3.63) is 86.9 Å². The van der Waals surface area contributed by atoms with Crippen LogP contribution >= 0.6 is 0 Å². The molecule has 5 atom stereocenters. The number of aromatic nitrogens is 1. The molecule has 1 saturated heterocycles. The van der Waals surface area contributed by atoms with Crippen molar-refractivity contribution in [2.24, 2.45) is 11.8 Å². The second kappa shape index (κ2) is 17.5. The minimum absolute atomic E-state index is 0.00738. The van der Waals surface area contributed by atoms with Crippen LogP contribution < -0.4 is 9.47 Å². The molecule has 10 nitrogen and oxygen atoms in total. The summed E-state index contributed by atoms with van der Waals surface area (Å²) in [5.74, 6) is -3.37. The van der Waals surface area contributed by atoms with Gasteiger partial charge in [0.2, 0.25) is 5.78 Å². The van der Waals surface area contributed by atoms with Gasteiger partial charge in [-0.25, -0.2) is 0 Å². The minimum atomic E-state index is -4.82. The maximum absolute atomic E-state index is 16.0. The molecule has 1 unspecified atom stereocenters. The smallest absolute Gasteiger partial charge is 0.417 e. The monoisotopic (exact) mass is 879 g/mol. The molecule has 338 valence electrons. The highest BCUT2D eigenvalue weighted by Gasteiger charge is 2.67. The first-order valence-corrected chi connectivity index (χ1v) is 25.5. The van der Waals surface area contributed by atoms with Crippen molar-refractivity contribution < 1.29 is 46.3 Å². The number of fused-ring (bicyclic) bond motifs is 4. The molecule has 3 aliphatic carbocycles. The molecule has 1 aliphatic heterocycles. The Bertz CT molecular complexity index is 2180. The van der Waals surface area contributed by atoms with Gasteiger partial charge in [-0.2, -0.15) is 13.2 Å². The molecule has 3 aromatic rings. The van der Waals surface area contributed by atoms with E-state index in [-0.39, 0.29) is 71.3 Å². The van der Waals surface area contributed by atoms with Gasteiger partial charge in [0.25, 0.3) is 5.88 Å². The zero-order valence-corrected chi connectivity index (χ0v) is 38.8. The quantitative estimate of drug-likeness (QED) is 0.117. The summed E-state index contributed by atoms with van der Waals surface area (Å²) >= 11 is 0. The number of benzene rings is 2. The lowest BCUT2D eigenvalue weighted by Crippen LogP contribution is -2.65. The molecule has 2 aromatic carbocycles. The molecule has 7 rings (SSSR count). The number of alkyl halides is 3. The maximum Gasteiger partial charge on any atom is 0.417 e. The van der Waals surface area contributed by atoms with Crippen LogP contribution in [0.25, 0.3) is 0 Å². The molecule has 0 amide bonds. The number of ether oxygens (including phenoxy) is 2. The minimum Gasteiger partial charge on any atom is -0.508 e. The standard InChI is InChI=1S/C48H64F3N3O7Si/c1-10-13-23-58-35-27-31(34-21-18-22-54(34)28-29-19-16-15-17-20-29)39(48(49,50)51)32-25-30-26-33-40(53(7)12-3)42-38(45(52-60-42)59-24-14-11-2)44(57)47(33,61-62(8,9)46(4,5)6)43(56)36(30)41(55)37(32)35/h15-17,19-20,27,30,33-34,40,56H,10-14,18,21-26,28H2,1-9H3/t30-,33-,34?,40-,47-/m0/s1. The lowest BCUT2D eigenvalue weighted by molar-refractivity contribution is -0.139. The van der Waals surface area contributed by atoms with Gasteiger partial charge in [0.05, 0.1) is 30.4 Å². The lowest BCUT2D eigenvalue weighted by atomic mass is 9.58. The van der Waals surface area contributed by atoms with Crippen molar-refractivity contribution in [3.63, 3.8) is 0 Å². The third-order valence-electron chi connectivity index (χ3n) is 14.2. The second-order valence-corrected chi connectivity index (χ2v) is 23.9. The number of rotatable bonds is 15. The summed E-state index contributed by atoms with van der Waals surface area (Å²) in [6, 6.07) is 9.88. The number of carbonyl (C=O) groups is 2. The Kier molecular flexibility index (Phi) is 13.0. The molecule has 1 fully saturated rings. The van der Waals surface area contributed by atoms with Crippen molar-refractivity contribution >= 4 is 19.9 Å². The van der Waals surface area contributed by atoms with E-state index >= 15 is 22.8 Å². The van der Waals surface area contributed by atoms with E-state index in [1.165, 1.54) is 6.07 Å². The van der Waals surface area contributed by atoms with Crippen LogP contribution in [0, 0.1) is 11.8 Å². The Balaban J connectivity index is 1.47. The Morgan fingerprint density at radius 2 is 1.69 bits per heavy atom. The maximum atomic E-state index is 16.0. The van der Waals surface area contributed by atoms with E-state index in [2.05, 4.69) is 10.1 Å². The number of unbranched alkanes of at least 4 members (excludes halogenated alkanes) is 2.